The molecule has 0 bridgehead atoms. The molecule has 28 heavy (non-hydrogen) atoms. The first-order chi connectivity index (χ1) is 13.2. The zero-order valence-corrected chi connectivity index (χ0v) is 18.9. The van der Waals surface area contributed by atoms with Gasteiger partial charge in [-0.3, -0.25) is 14.4 Å². The topological polar surface area (TPSA) is 101 Å². The Balaban J connectivity index is 2.28. The lowest BCUT2D eigenvalue weighted by atomic mass is 10.2. The van der Waals surface area contributed by atoms with Gasteiger partial charge in [-0.2, -0.15) is 0 Å². The van der Waals surface area contributed by atoms with Crippen LogP contribution in [0.3, 0.4) is 0 Å². The monoisotopic (exact) mass is 444 g/mol. The Kier molecular flexibility index (Phi) is 7.67. The Morgan fingerprint density at radius 3 is 2.71 bits per heavy atom. The van der Waals surface area contributed by atoms with Gasteiger partial charge in [-0.25, -0.2) is 8.42 Å². The first kappa shape index (κ1) is 22.4. The molecule has 11 heteroatoms. The summed E-state index contributed by atoms with van der Waals surface area (Å²) >= 11 is 2.82. The summed E-state index contributed by atoms with van der Waals surface area (Å²) in [5.41, 5.74) is 1.16. The standard InChI is InChI=1S/C17H24N4O4S3/c1-6-9-26-17-20-19-16(27-17)18-15(22)12(3)21(28(5,23)24)13-10-11(2)7-8-14(13)25-4/h7-8,10,12H,6,9H2,1-5H3,(H,18,19,22). The number of nitrogens with zero attached hydrogens (tertiary/aromatic N) is 3. The fourth-order valence-corrected chi connectivity index (χ4v) is 5.32. The fraction of sp³-hybridized carbons (Fsp3) is 0.471. The molecule has 0 saturated carbocycles. The molecule has 154 valence electrons. The van der Waals surface area contributed by atoms with E-state index in [0.717, 1.165) is 32.6 Å². The van der Waals surface area contributed by atoms with E-state index in [-0.39, 0.29) is 0 Å². The number of thioether (sulfide) groups is 1. The number of aryl methyl sites for hydroxylation is 1. The summed E-state index contributed by atoms with van der Waals surface area (Å²) in [4.78, 5) is 12.8. The minimum absolute atomic E-state index is 0.309. The number of anilines is 2. The van der Waals surface area contributed by atoms with Crippen LogP contribution in [0, 0.1) is 6.92 Å². The third-order valence-corrected chi connectivity index (χ3v) is 7.13. The highest BCUT2D eigenvalue weighted by Crippen LogP contribution is 2.33. The Hall–Kier alpha value is -1.85. The minimum Gasteiger partial charge on any atom is -0.495 e. The van der Waals surface area contributed by atoms with Crippen molar-refractivity contribution < 1.29 is 17.9 Å². The molecule has 1 unspecified atom stereocenters. The highest BCUT2D eigenvalue weighted by Gasteiger charge is 2.31. The third kappa shape index (κ3) is 5.58. The van der Waals surface area contributed by atoms with Gasteiger partial charge in [-0.05, 0) is 38.0 Å². The van der Waals surface area contributed by atoms with Crippen LogP contribution in [0.1, 0.15) is 25.8 Å². The van der Waals surface area contributed by atoms with Gasteiger partial charge in [-0.1, -0.05) is 36.1 Å². The summed E-state index contributed by atoms with van der Waals surface area (Å²) in [6.45, 7) is 5.43. The molecule has 1 aromatic heterocycles. The van der Waals surface area contributed by atoms with Gasteiger partial charge in [0.05, 0.1) is 19.1 Å². The van der Waals surface area contributed by atoms with Gasteiger partial charge in [0.1, 0.15) is 11.8 Å². The Morgan fingerprint density at radius 2 is 2.11 bits per heavy atom. The van der Waals surface area contributed by atoms with Crippen molar-refractivity contribution in [3.8, 4) is 5.75 Å². The second-order valence-electron chi connectivity index (χ2n) is 6.12. The molecule has 2 rings (SSSR count). The van der Waals surface area contributed by atoms with E-state index in [9.17, 15) is 13.2 Å². The number of benzene rings is 1. The van der Waals surface area contributed by atoms with Gasteiger partial charge in [0, 0.05) is 5.75 Å². The molecule has 2 aromatic rings. The molecule has 0 radical (unpaired) electrons. The second kappa shape index (κ2) is 9.57. The predicted molar refractivity (Wildman–Crippen MR) is 114 cm³/mol. The van der Waals surface area contributed by atoms with Crippen molar-refractivity contribution in [2.75, 3.05) is 28.7 Å². The quantitative estimate of drug-likeness (QED) is 0.468. The number of amides is 1. The van der Waals surface area contributed by atoms with Gasteiger partial charge < -0.3 is 4.74 Å². The summed E-state index contributed by atoms with van der Waals surface area (Å²) in [5.74, 6) is 0.774. The number of methoxy groups -OCH3 is 1. The van der Waals surface area contributed by atoms with E-state index >= 15 is 0 Å². The highest BCUT2D eigenvalue weighted by atomic mass is 32.2. The van der Waals surface area contributed by atoms with E-state index in [1.807, 2.05) is 13.0 Å². The van der Waals surface area contributed by atoms with Gasteiger partial charge in [-0.15, -0.1) is 10.2 Å². The average molecular weight is 445 g/mol. The lowest BCUT2D eigenvalue weighted by molar-refractivity contribution is -0.116. The van der Waals surface area contributed by atoms with E-state index in [1.54, 1.807) is 23.9 Å². The van der Waals surface area contributed by atoms with Crippen molar-refractivity contribution in [1.82, 2.24) is 10.2 Å². The number of carbonyl (C=O) groups is 1. The number of sulfonamides is 1. The van der Waals surface area contributed by atoms with Crippen molar-refractivity contribution >= 4 is 49.8 Å². The van der Waals surface area contributed by atoms with Crippen molar-refractivity contribution in [2.24, 2.45) is 0 Å². The number of aromatic nitrogens is 2. The number of hydrogen-bond acceptors (Lipinski definition) is 8. The van der Waals surface area contributed by atoms with E-state index in [4.69, 9.17) is 4.74 Å². The van der Waals surface area contributed by atoms with Gasteiger partial charge in [0.25, 0.3) is 0 Å². The molecule has 0 saturated heterocycles. The summed E-state index contributed by atoms with van der Waals surface area (Å²) in [6, 6.07) is 4.15. The summed E-state index contributed by atoms with van der Waals surface area (Å²) in [7, 11) is -2.30. The number of hydrogen-bond donors (Lipinski definition) is 1. The molecule has 0 aliphatic rings. The zero-order valence-electron chi connectivity index (χ0n) is 16.4. The molecule has 8 nitrogen and oxygen atoms in total. The molecule has 1 atom stereocenters. The molecule has 1 amide bonds. The zero-order chi connectivity index (χ0) is 20.9. The normalized spacial score (nSPS) is 12.5. The van der Waals surface area contributed by atoms with Crippen LogP contribution in [0.4, 0.5) is 10.8 Å². The molecule has 1 heterocycles. The number of nitrogens with one attached hydrogen (secondary N) is 1. The maximum atomic E-state index is 12.8. The van der Waals surface area contributed by atoms with Crippen LogP contribution in [0.2, 0.25) is 0 Å². The molecular formula is C17H24N4O4S3. The maximum absolute atomic E-state index is 12.8. The number of ether oxygens (including phenoxy) is 1. The highest BCUT2D eigenvalue weighted by molar-refractivity contribution is 8.01. The number of carbonyl (C=O) groups excluding carboxylic acids is 1. The van der Waals surface area contributed by atoms with Gasteiger partial charge in [0.15, 0.2) is 4.34 Å². The lowest BCUT2D eigenvalue weighted by Crippen LogP contribution is -2.45. The molecular weight excluding hydrogens is 420 g/mol. The Morgan fingerprint density at radius 1 is 1.39 bits per heavy atom. The molecule has 1 aromatic carbocycles. The van der Waals surface area contributed by atoms with Crippen molar-refractivity contribution in [3.05, 3.63) is 23.8 Å². The van der Waals surface area contributed by atoms with E-state index in [1.165, 1.54) is 25.4 Å². The van der Waals surface area contributed by atoms with Crippen LogP contribution in [0.25, 0.3) is 0 Å². The predicted octanol–water partition coefficient (Wildman–Crippen LogP) is 3.15. The first-order valence-corrected chi connectivity index (χ1v) is 12.2. The smallest absolute Gasteiger partial charge is 0.249 e. The van der Waals surface area contributed by atoms with Crippen LogP contribution in [-0.2, 0) is 14.8 Å². The van der Waals surface area contributed by atoms with E-state index in [2.05, 4.69) is 22.4 Å². The average Bonchev–Trinajstić information content (AvgIpc) is 3.06. The van der Waals surface area contributed by atoms with Crippen LogP contribution in [0.5, 0.6) is 5.75 Å². The SMILES string of the molecule is CCCSc1nnc(NC(=O)C(C)N(c2cc(C)ccc2OC)S(C)(=O)=O)s1. The third-order valence-electron chi connectivity index (χ3n) is 3.73. The molecule has 0 aliphatic carbocycles. The summed E-state index contributed by atoms with van der Waals surface area (Å²) in [6.07, 6.45) is 2.06. The van der Waals surface area contributed by atoms with Crippen LogP contribution < -0.4 is 14.4 Å². The molecule has 1 N–H and O–H groups in total. The summed E-state index contributed by atoms with van der Waals surface area (Å²) in [5, 5.41) is 11.0. The largest absolute Gasteiger partial charge is 0.495 e. The van der Waals surface area contributed by atoms with Gasteiger partial charge >= 0.3 is 0 Å². The summed E-state index contributed by atoms with van der Waals surface area (Å²) < 4.78 is 32.1. The molecule has 0 aliphatic heterocycles. The van der Waals surface area contributed by atoms with E-state index in [0.29, 0.717) is 16.6 Å². The fourth-order valence-electron chi connectivity index (χ4n) is 2.47. The Labute approximate surface area is 173 Å². The van der Waals surface area contributed by atoms with Gasteiger partial charge in [0.2, 0.25) is 21.1 Å². The van der Waals surface area contributed by atoms with Crippen molar-refractivity contribution in [2.45, 2.75) is 37.6 Å². The van der Waals surface area contributed by atoms with Crippen LogP contribution >= 0.6 is 23.1 Å². The molecule has 0 spiro atoms. The number of rotatable bonds is 9. The molecule has 0 fully saturated rings. The van der Waals surface area contributed by atoms with Crippen molar-refractivity contribution in [3.63, 3.8) is 0 Å². The van der Waals surface area contributed by atoms with Crippen LogP contribution in [-0.4, -0.2) is 49.7 Å². The maximum Gasteiger partial charge on any atom is 0.249 e. The Bertz CT molecular complexity index is 930. The minimum atomic E-state index is -3.75. The van der Waals surface area contributed by atoms with Crippen molar-refractivity contribution in [1.29, 1.82) is 0 Å². The first-order valence-electron chi connectivity index (χ1n) is 8.58. The van der Waals surface area contributed by atoms with E-state index < -0.39 is 22.0 Å². The second-order valence-corrected chi connectivity index (χ2v) is 10.3. The van der Waals surface area contributed by atoms with Crippen LogP contribution in [0.15, 0.2) is 22.5 Å². The lowest BCUT2D eigenvalue weighted by Gasteiger charge is -2.29.